The Kier molecular flexibility index (Phi) is 3.92. The summed E-state index contributed by atoms with van der Waals surface area (Å²) >= 11 is 3.20. The van der Waals surface area contributed by atoms with E-state index in [0.29, 0.717) is 4.47 Å². The Bertz CT molecular complexity index is 615. The maximum absolute atomic E-state index is 13.7. The summed E-state index contributed by atoms with van der Waals surface area (Å²) in [5.74, 6) is 0.530. The fourth-order valence-electron chi connectivity index (χ4n) is 3.10. The van der Waals surface area contributed by atoms with E-state index >= 15 is 0 Å². The molecule has 1 heterocycles. The van der Waals surface area contributed by atoms with E-state index in [9.17, 15) is 4.39 Å². The van der Waals surface area contributed by atoms with Crippen molar-refractivity contribution in [3.05, 3.63) is 40.4 Å². The van der Waals surface area contributed by atoms with Crippen LogP contribution in [0.15, 0.2) is 28.9 Å². The summed E-state index contributed by atoms with van der Waals surface area (Å²) in [5, 5.41) is 4.37. The van der Waals surface area contributed by atoms with Crippen LogP contribution in [0.2, 0.25) is 0 Å². The van der Waals surface area contributed by atoms with E-state index in [2.05, 4.69) is 21.0 Å². The molecular formula is C16H18BrFN2. The largest absolute Gasteiger partial charge is 0.272 e. The molecule has 0 radical (unpaired) electrons. The van der Waals surface area contributed by atoms with Crippen LogP contribution in [0.3, 0.4) is 0 Å². The van der Waals surface area contributed by atoms with Crippen molar-refractivity contribution in [1.82, 2.24) is 9.78 Å². The molecule has 4 heteroatoms. The van der Waals surface area contributed by atoms with E-state index in [-0.39, 0.29) is 5.82 Å². The smallest absolute Gasteiger partial charge is 0.137 e. The normalized spacial score (nSPS) is 15.9. The highest BCUT2D eigenvalue weighted by Gasteiger charge is 2.20. The molecule has 0 bridgehead atoms. The summed E-state index contributed by atoms with van der Waals surface area (Å²) in [4.78, 5) is 0. The molecule has 0 unspecified atom stereocenters. The number of rotatable bonds is 3. The van der Waals surface area contributed by atoms with Crippen molar-refractivity contribution in [2.75, 3.05) is 0 Å². The minimum atomic E-state index is -0.224. The van der Waals surface area contributed by atoms with Gasteiger partial charge in [-0.05, 0) is 46.0 Å². The van der Waals surface area contributed by atoms with Gasteiger partial charge in [0.25, 0.3) is 0 Å². The third kappa shape index (κ3) is 2.66. The number of aryl methyl sites for hydroxylation is 1. The number of benzene rings is 1. The number of aromatic nitrogens is 2. The molecule has 1 saturated carbocycles. The first-order valence-corrected chi connectivity index (χ1v) is 7.90. The standard InChI is InChI=1S/C16H18BrFN2/c1-20-16(8-11-4-2-3-5-11)13(10-19-20)12-6-7-14(17)15(18)9-12/h6-7,9-11H,2-5,8H2,1H3. The molecule has 0 atom stereocenters. The van der Waals surface area contributed by atoms with Crippen molar-refractivity contribution in [1.29, 1.82) is 0 Å². The lowest BCUT2D eigenvalue weighted by molar-refractivity contribution is 0.521. The lowest BCUT2D eigenvalue weighted by Crippen LogP contribution is -2.06. The van der Waals surface area contributed by atoms with E-state index in [1.54, 1.807) is 12.1 Å². The summed E-state index contributed by atoms with van der Waals surface area (Å²) in [7, 11) is 1.98. The van der Waals surface area contributed by atoms with Gasteiger partial charge in [0.1, 0.15) is 5.82 Å². The number of nitrogens with zero attached hydrogens (tertiary/aromatic N) is 2. The molecule has 1 aromatic heterocycles. The molecule has 0 spiro atoms. The minimum absolute atomic E-state index is 0.224. The Morgan fingerprint density at radius 2 is 2.10 bits per heavy atom. The van der Waals surface area contributed by atoms with Gasteiger partial charge in [-0.3, -0.25) is 4.68 Å². The number of hydrogen-bond acceptors (Lipinski definition) is 1. The maximum Gasteiger partial charge on any atom is 0.137 e. The SMILES string of the molecule is Cn1ncc(-c2ccc(Br)c(F)c2)c1CC1CCCC1. The number of halogens is 2. The molecule has 0 amide bonds. The monoisotopic (exact) mass is 336 g/mol. The van der Waals surface area contributed by atoms with Gasteiger partial charge in [-0.25, -0.2) is 4.39 Å². The van der Waals surface area contributed by atoms with Gasteiger partial charge in [0.05, 0.1) is 10.7 Å². The zero-order valence-corrected chi connectivity index (χ0v) is 13.2. The molecule has 106 valence electrons. The van der Waals surface area contributed by atoms with E-state index in [1.807, 2.05) is 24.0 Å². The van der Waals surface area contributed by atoms with Crippen molar-refractivity contribution in [3.8, 4) is 11.1 Å². The summed E-state index contributed by atoms with van der Waals surface area (Å²) in [6.07, 6.45) is 8.19. The van der Waals surface area contributed by atoms with E-state index in [0.717, 1.165) is 23.5 Å². The summed E-state index contributed by atoms with van der Waals surface area (Å²) in [5.41, 5.74) is 3.19. The summed E-state index contributed by atoms with van der Waals surface area (Å²) < 4.78 is 16.2. The molecule has 1 aliphatic rings. The van der Waals surface area contributed by atoms with Crippen LogP contribution in [0, 0.1) is 11.7 Å². The Labute approximate surface area is 127 Å². The summed E-state index contributed by atoms with van der Waals surface area (Å²) in [6.45, 7) is 0. The fourth-order valence-corrected chi connectivity index (χ4v) is 3.34. The Morgan fingerprint density at radius 3 is 2.80 bits per heavy atom. The van der Waals surface area contributed by atoms with E-state index in [4.69, 9.17) is 0 Å². The van der Waals surface area contributed by atoms with Crippen molar-refractivity contribution >= 4 is 15.9 Å². The highest BCUT2D eigenvalue weighted by Crippen LogP contribution is 2.32. The average molecular weight is 337 g/mol. The highest BCUT2D eigenvalue weighted by atomic mass is 79.9. The second kappa shape index (κ2) is 5.68. The van der Waals surface area contributed by atoms with Crippen LogP contribution in [-0.4, -0.2) is 9.78 Å². The van der Waals surface area contributed by atoms with Crippen LogP contribution in [0.5, 0.6) is 0 Å². The average Bonchev–Trinajstić information content (AvgIpc) is 3.05. The minimum Gasteiger partial charge on any atom is -0.272 e. The molecular weight excluding hydrogens is 319 g/mol. The van der Waals surface area contributed by atoms with Crippen LogP contribution in [0.1, 0.15) is 31.4 Å². The first-order chi connectivity index (χ1) is 9.65. The van der Waals surface area contributed by atoms with Gasteiger partial charge in [0, 0.05) is 18.3 Å². The first kappa shape index (κ1) is 13.8. The van der Waals surface area contributed by atoms with Gasteiger partial charge in [0.2, 0.25) is 0 Å². The molecule has 1 fully saturated rings. The van der Waals surface area contributed by atoms with Crippen molar-refractivity contribution in [2.45, 2.75) is 32.1 Å². The van der Waals surface area contributed by atoms with E-state index < -0.39 is 0 Å². The molecule has 2 nitrogen and oxygen atoms in total. The summed E-state index contributed by atoms with van der Waals surface area (Å²) in [6, 6.07) is 5.29. The van der Waals surface area contributed by atoms with Crippen LogP contribution >= 0.6 is 15.9 Å². The molecule has 2 aromatic rings. The highest BCUT2D eigenvalue weighted by molar-refractivity contribution is 9.10. The molecule has 1 aliphatic carbocycles. The lowest BCUT2D eigenvalue weighted by Gasteiger charge is -2.12. The Morgan fingerprint density at radius 1 is 1.35 bits per heavy atom. The van der Waals surface area contributed by atoms with Crippen molar-refractivity contribution < 1.29 is 4.39 Å². The molecule has 0 N–H and O–H groups in total. The van der Waals surface area contributed by atoms with Crippen LogP contribution < -0.4 is 0 Å². The Hall–Kier alpha value is -1.16. The van der Waals surface area contributed by atoms with Crippen molar-refractivity contribution in [2.24, 2.45) is 13.0 Å². The van der Waals surface area contributed by atoms with Gasteiger partial charge >= 0.3 is 0 Å². The molecule has 0 saturated heterocycles. The van der Waals surface area contributed by atoms with Gasteiger partial charge < -0.3 is 0 Å². The molecule has 0 aliphatic heterocycles. The van der Waals surface area contributed by atoms with E-state index in [1.165, 1.54) is 31.4 Å². The molecule has 20 heavy (non-hydrogen) atoms. The molecule has 1 aromatic carbocycles. The predicted octanol–water partition coefficient (Wildman–Crippen LogP) is 4.72. The van der Waals surface area contributed by atoms with Gasteiger partial charge in [0.15, 0.2) is 0 Å². The van der Waals surface area contributed by atoms with Gasteiger partial charge in [-0.2, -0.15) is 5.10 Å². The first-order valence-electron chi connectivity index (χ1n) is 7.11. The third-order valence-corrected chi connectivity index (χ3v) is 4.89. The van der Waals surface area contributed by atoms with Gasteiger partial charge in [-0.15, -0.1) is 0 Å². The second-order valence-electron chi connectivity index (χ2n) is 5.61. The van der Waals surface area contributed by atoms with Gasteiger partial charge in [-0.1, -0.05) is 31.7 Å². The quantitative estimate of drug-likeness (QED) is 0.792. The number of hydrogen-bond donors (Lipinski definition) is 0. The predicted molar refractivity (Wildman–Crippen MR) is 82.0 cm³/mol. The lowest BCUT2D eigenvalue weighted by atomic mass is 9.97. The fraction of sp³-hybridized carbons (Fsp3) is 0.438. The molecule has 3 rings (SSSR count). The van der Waals surface area contributed by atoms with Crippen LogP contribution in [-0.2, 0) is 13.5 Å². The van der Waals surface area contributed by atoms with Crippen LogP contribution in [0.4, 0.5) is 4.39 Å². The van der Waals surface area contributed by atoms with Crippen molar-refractivity contribution in [3.63, 3.8) is 0 Å². The maximum atomic E-state index is 13.7. The third-order valence-electron chi connectivity index (χ3n) is 4.25. The Balaban J connectivity index is 1.94. The zero-order valence-electron chi connectivity index (χ0n) is 11.6. The topological polar surface area (TPSA) is 17.8 Å². The zero-order chi connectivity index (χ0) is 14.1. The van der Waals surface area contributed by atoms with Crippen LogP contribution in [0.25, 0.3) is 11.1 Å². The second-order valence-corrected chi connectivity index (χ2v) is 6.47.